The molecule has 0 spiro atoms. The monoisotopic (exact) mass is 298 g/mol. The van der Waals surface area contributed by atoms with E-state index < -0.39 is 0 Å². The lowest BCUT2D eigenvalue weighted by Gasteiger charge is -2.22. The Labute approximate surface area is 130 Å². The van der Waals surface area contributed by atoms with Crippen LogP contribution in [0.1, 0.15) is 49.7 Å². The van der Waals surface area contributed by atoms with Gasteiger partial charge in [-0.05, 0) is 50.7 Å². The Morgan fingerprint density at radius 2 is 2.32 bits per heavy atom. The van der Waals surface area contributed by atoms with Gasteiger partial charge in [-0.15, -0.1) is 0 Å². The molecule has 22 heavy (non-hydrogen) atoms. The number of carbonyl (C=O) groups is 1. The van der Waals surface area contributed by atoms with Crippen LogP contribution in [0.25, 0.3) is 0 Å². The van der Waals surface area contributed by atoms with Gasteiger partial charge in [0.05, 0.1) is 0 Å². The third-order valence-electron chi connectivity index (χ3n) is 4.32. The fourth-order valence-corrected chi connectivity index (χ4v) is 3.23. The van der Waals surface area contributed by atoms with Gasteiger partial charge in [-0.2, -0.15) is 5.10 Å². The maximum absolute atomic E-state index is 12.4. The van der Waals surface area contributed by atoms with Gasteiger partial charge < -0.3 is 0 Å². The molecule has 1 aliphatic carbocycles. The van der Waals surface area contributed by atoms with Gasteiger partial charge in [-0.3, -0.25) is 9.48 Å². The normalized spacial score (nSPS) is 17.5. The smallest absolute Gasteiger partial charge is 0.139 e. The molecule has 2 aromatic rings. The van der Waals surface area contributed by atoms with Crippen LogP contribution in [0.5, 0.6) is 0 Å². The summed E-state index contributed by atoms with van der Waals surface area (Å²) in [6.45, 7) is 4.16. The number of hydrogen-bond acceptors (Lipinski definition) is 4. The van der Waals surface area contributed by atoms with Gasteiger partial charge in [0.25, 0.3) is 0 Å². The van der Waals surface area contributed by atoms with Crippen molar-refractivity contribution in [1.82, 2.24) is 19.7 Å². The van der Waals surface area contributed by atoms with Crippen molar-refractivity contribution in [1.29, 1.82) is 0 Å². The highest BCUT2D eigenvalue weighted by atomic mass is 16.1. The minimum Gasteiger partial charge on any atom is -0.299 e. The first kappa shape index (κ1) is 14.9. The van der Waals surface area contributed by atoms with Crippen LogP contribution in [0.2, 0.25) is 0 Å². The standard InChI is InChI=1S/C17H22N4O/c1-12(2)21-15(5-6-20-21)9-16(22)7-13-3-4-14-10-18-11-19-17(14)8-13/h5-6,10-13H,3-4,7-9H2,1-2H3. The summed E-state index contributed by atoms with van der Waals surface area (Å²) in [5, 5.41) is 4.29. The average Bonchev–Trinajstić information content (AvgIpc) is 2.95. The van der Waals surface area contributed by atoms with Crippen molar-refractivity contribution in [2.24, 2.45) is 5.92 Å². The van der Waals surface area contributed by atoms with Gasteiger partial charge in [0.15, 0.2) is 0 Å². The van der Waals surface area contributed by atoms with Gasteiger partial charge in [-0.25, -0.2) is 9.97 Å². The zero-order valence-electron chi connectivity index (χ0n) is 13.2. The summed E-state index contributed by atoms with van der Waals surface area (Å²) in [6.07, 6.45) is 9.32. The van der Waals surface area contributed by atoms with Crippen molar-refractivity contribution >= 4 is 5.78 Å². The lowest BCUT2D eigenvalue weighted by molar-refractivity contribution is -0.119. The summed E-state index contributed by atoms with van der Waals surface area (Å²) in [7, 11) is 0. The number of carbonyl (C=O) groups excluding carboxylic acids is 1. The van der Waals surface area contributed by atoms with Gasteiger partial charge in [-0.1, -0.05) is 0 Å². The summed E-state index contributed by atoms with van der Waals surface area (Å²) < 4.78 is 1.93. The van der Waals surface area contributed by atoms with E-state index in [1.165, 1.54) is 5.56 Å². The average molecular weight is 298 g/mol. The molecule has 5 heteroatoms. The molecule has 1 aliphatic rings. The number of rotatable bonds is 5. The summed E-state index contributed by atoms with van der Waals surface area (Å²) in [5.41, 5.74) is 3.37. The SMILES string of the molecule is CC(C)n1nccc1CC(=O)CC1CCc2cncnc2C1. The Bertz CT molecular complexity index is 662. The molecule has 116 valence electrons. The van der Waals surface area contributed by atoms with Crippen molar-refractivity contribution in [3.63, 3.8) is 0 Å². The highest BCUT2D eigenvalue weighted by molar-refractivity contribution is 5.80. The van der Waals surface area contributed by atoms with Crippen molar-refractivity contribution < 1.29 is 4.79 Å². The first-order valence-electron chi connectivity index (χ1n) is 7.95. The van der Waals surface area contributed by atoms with E-state index in [4.69, 9.17) is 0 Å². The fourth-order valence-electron chi connectivity index (χ4n) is 3.23. The van der Waals surface area contributed by atoms with Crippen LogP contribution >= 0.6 is 0 Å². The number of aromatic nitrogens is 4. The van der Waals surface area contributed by atoms with E-state index in [-0.39, 0.29) is 6.04 Å². The Hall–Kier alpha value is -2.04. The van der Waals surface area contributed by atoms with E-state index >= 15 is 0 Å². The third kappa shape index (κ3) is 3.24. The number of hydrogen-bond donors (Lipinski definition) is 0. The zero-order valence-corrected chi connectivity index (χ0v) is 13.2. The second kappa shape index (κ2) is 6.38. The molecule has 0 bridgehead atoms. The largest absolute Gasteiger partial charge is 0.299 e. The highest BCUT2D eigenvalue weighted by Gasteiger charge is 2.22. The summed E-state index contributed by atoms with van der Waals surface area (Å²) in [6, 6.07) is 2.23. The lowest BCUT2D eigenvalue weighted by atomic mass is 9.84. The van der Waals surface area contributed by atoms with Gasteiger partial charge in [0.1, 0.15) is 12.1 Å². The van der Waals surface area contributed by atoms with Crippen molar-refractivity contribution in [3.05, 3.63) is 41.7 Å². The second-order valence-corrected chi connectivity index (χ2v) is 6.38. The number of ketones is 1. The van der Waals surface area contributed by atoms with E-state index in [1.807, 2.05) is 16.9 Å². The predicted molar refractivity (Wildman–Crippen MR) is 83.5 cm³/mol. The minimum atomic E-state index is 0.288. The maximum atomic E-state index is 12.4. The number of aryl methyl sites for hydroxylation is 1. The fraction of sp³-hybridized carbons (Fsp3) is 0.529. The predicted octanol–water partition coefficient (Wildman–Crippen LogP) is 2.56. The number of Topliss-reactive ketones (excluding diaryl/α,β-unsaturated/α-hetero) is 1. The van der Waals surface area contributed by atoms with Crippen molar-refractivity contribution in [2.75, 3.05) is 0 Å². The number of nitrogens with zero attached hydrogens (tertiary/aromatic N) is 4. The van der Waals surface area contributed by atoms with E-state index in [0.717, 1.165) is 30.7 Å². The highest BCUT2D eigenvalue weighted by Crippen LogP contribution is 2.26. The van der Waals surface area contributed by atoms with E-state index in [1.54, 1.807) is 12.5 Å². The molecule has 0 fully saturated rings. The second-order valence-electron chi connectivity index (χ2n) is 6.38. The van der Waals surface area contributed by atoms with Gasteiger partial charge in [0, 0.05) is 42.7 Å². The molecule has 0 amide bonds. The minimum absolute atomic E-state index is 0.288. The first-order chi connectivity index (χ1) is 10.6. The molecule has 0 saturated heterocycles. The van der Waals surface area contributed by atoms with Crippen LogP contribution in [-0.2, 0) is 24.1 Å². The quantitative estimate of drug-likeness (QED) is 0.851. The Balaban J connectivity index is 1.60. The molecule has 0 radical (unpaired) electrons. The maximum Gasteiger partial charge on any atom is 0.139 e. The molecule has 1 atom stereocenters. The van der Waals surface area contributed by atoms with Crippen LogP contribution in [-0.4, -0.2) is 25.5 Å². The molecule has 0 N–H and O–H groups in total. The Morgan fingerprint density at radius 1 is 1.45 bits per heavy atom. The van der Waals surface area contributed by atoms with E-state index in [0.29, 0.717) is 24.5 Å². The molecule has 0 aliphatic heterocycles. The summed E-state index contributed by atoms with van der Waals surface area (Å²) in [5.74, 6) is 0.704. The van der Waals surface area contributed by atoms with Crippen molar-refractivity contribution in [2.45, 2.75) is 52.0 Å². The molecule has 2 heterocycles. The molecular formula is C17H22N4O. The molecule has 0 saturated carbocycles. The first-order valence-corrected chi connectivity index (χ1v) is 7.95. The van der Waals surface area contributed by atoms with Crippen LogP contribution in [0.15, 0.2) is 24.8 Å². The molecule has 1 unspecified atom stereocenters. The molecular weight excluding hydrogens is 276 g/mol. The van der Waals surface area contributed by atoms with Gasteiger partial charge in [0.2, 0.25) is 0 Å². The van der Waals surface area contributed by atoms with Crippen molar-refractivity contribution in [3.8, 4) is 0 Å². The third-order valence-corrected chi connectivity index (χ3v) is 4.32. The van der Waals surface area contributed by atoms with Crippen LogP contribution < -0.4 is 0 Å². The van der Waals surface area contributed by atoms with E-state index in [9.17, 15) is 4.79 Å². The summed E-state index contributed by atoms with van der Waals surface area (Å²) >= 11 is 0. The van der Waals surface area contributed by atoms with E-state index in [2.05, 4.69) is 28.9 Å². The Kier molecular flexibility index (Phi) is 4.32. The molecule has 3 rings (SSSR count). The van der Waals surface area contributed by atoms with Gasteiger partial charge >= 0.3 is 0 Å². The zero-order chi connectivity index (χ0) is 15.5. The molecule has 2 aromatic heterocycles. The lowest BCUT2D eigenvalue weighted by Crippen LogP contribution is -2.20. The Morgan fingerprint density at radius 3 is 3.14 bits per heavy atom. The van der Waals surface area contributed by atoms with Crippen LogP contribution in [0, 0.1) is 5.92 Å². The summed E-state index contributed by atoms with van der Waals surface area (Å²) in [4.78, 5) is 20.8. The molecule has 0 aromatic carbocycles. The van der Waals surface area contributed by atoms with Crippen LogP contribution in [0.3, 0.4) is 0 Å². The number of fused-ring (bicyclic) bond motifs is 1. The van der Waals surface area contributed by atoms with Crippen LogP contribution in [0.4, 0.5) is 0 Å². The topological polar surface area (TPSA) is 60.7 Å². The molecule has 5 nitrogen and oxygen atoms in total.